The lowest BCUT2D eigenvalue weighted by atomic mass is 10.1. The first-order valence-corrected chi connectivity index (χ1v) is 4.87. The summed E-state index contributed by atoms with van der Waals surface area (Å²) >= 11 is 0. The number of nitrogens with zero attached hydrogens (tertiary/aromatic N) is 2. The number of hydrogen-bond acceptors (Lipinski definition) is 3. The minimum absolute atomic E-state index is 0.446. The van der Waals surface area contributed by atoms with Gasteiger partial charge in [0.05, 0.1) is 11.4 Å². The van der Waals surface area contributed by atoms with Crippen LogP contribution in [0.5, 0.6) is 0 Å². The fourth-order valence-electron chi connectivity index (χ4n) is 1.39. The SMILES string of the molecule is Cc1ccc(-c2cc(CN)ncn2)cc1. The largest absolute Gasteiger partial charge is 0.325 e. The van der Waals surface area contributed by atoms with Crippen LogP contribution in [0.1, 0.15) is 11.3 Å². The van der Waals surface area contributed by atoms with Crippen LogP contribution in [0.25, 0.3) is 11.3 Å². The zero-order chi connectivity index (χ0) is 10.7. The van der Waals surface area contributed by atoms with E-state index in [4.69, 9.17) is 5.73 Å². The Morgan fingerprint density at radius 2 is 1.87 bits per heavy atom. The predicted octanol–water partition coefficient (Wildman–Crippen LogP) is 1.91. The summed E-state index contributed by atoms with van der Waals surface area (Å²) in [5, 5.41) is 0. The molecule has 1 aromatic heterocycles. The van der Waals surface area contributed by atoms with Crippen LogP contribution in [0.2, 0.25) is 0 Å². The molecule has 0 atom stereocenters. The lowest BCUT2D eigenvalue weighted by Gasteiger charge is -2.02. The fraction of sp³-hybridized carbons (Fsp3) is 0.167. The zero-order valence-corrected chi connectivity index (χ0v) is 8.64. The summed E-state index contributed by atoms with van der Waals surface area (Å²) in [6.45, 7) is 2.51. The van der Waals surface area contributed by atoms with Gasteiger partial charge in [-0.3, -0.25) is 0 Å². The monoisotopic (exact) mass is 199 g/mol. The van der Waals surface area contributed by atoms with Crippen LogP contribution in [0.4, 0.5) is 0 Å². The average Bonchev–Trinajstić information content (AvgIpc) is 2.30. The lowest BCUT2D eigenvalue weighted by Crippen LogP contribution is -2.00. The van der Waals surface area contributed by atoms with E-state index >= 15 is 0 Å². The highest BCUT2D eigenvalue weighted by Gasteiger charge is 2.00. The predicted molar refractivity (Wildman–Crippen MR) is 60.1 cm³/mol. The van der Waals surface area contributed by atoms with Gasteiger partial charge in [-0.1, -0.05) is 29.8 Å². The summed E-state index contributed by atoms with van der Waals surface area (Å²) in [6, 6.07) is 10.2. The molecule has 0 saturated heterocycles. The average molecular weight is 199 g/mol. The van der Waals surface area contributed by atoms with Gasteiger partial charge in [-0.25, -0.2) is 9.97 Å². The van der Waals surface area contributed by atoms with Crippen LogP contribution >= 0.6 is 0 Å². The number of nitrogens with two attached hydrogens (primary N) is 1. The highest BCUT2D eigenvalue weighted by atomic mass is 14.8. The standard InChI is InChI=1S/C12H13N3/c1-9-2-4-10(5-3-9)12-6-11(7-13)14-8-15-12/h2-6,8H,7,13H2,1H3. The van der Waals surface area contributed by atoms with Crippen molar-refractivity contribution in [1.29, 1.82) is 0 Å². The van der Waals surface area contributed by atoms with Crippen molar-refractivity contribution < 1.29 is 0 Å². The van der Waals surface area contributed by atoms with Crippen LogP contribution in [-0.4, -0.2) is 9.97 Å². The van der Waals surface area contributed by atoms with Gasteiger partial charge in [0, 0.05) is 12.1 Å². The maximum absolute atomic E-state index is 5.53. The summed E-state index contributed by atoms with van der Waals surface area (Å²) in [4.78, 5) is 8.29. The van der Waals surface area contributed by atoms with E-state index < -0.39 is 0 Å². The Kier molecular flexibility index (Phi) is 2.74. The molecule has 0 bridgehead atoms. The molecule has 76 valence electrons. The van der Waals surface area contributed by atoms with Gasteiger partial charge in [0.25, 0.3) is 0 Å². The van der Waals surface area contributed by atoms with E-state index in [9.17, 15) is 0 Å². The Bertz CT molecular complexity index is 449. The van der Waals surface area contributed by atoms with E-state index in [1.807, 2.05) is 6.07 Å². The van der Waals surface area contributed by atoms with Crippen molar-refractivity contribution in [3.05, 3.63) is 47.9 Å². The first kappa shape index (κ1) is 9.80. The molecule has 15 heavy (non-hydrogen) atoms. The minimum atomic E-state index is 0.446. The molecule has 0 amide bonds. The van der Waals surface area contributed by atoms with Gasteiger partial charge in [0.1, 0.15) is 6.33 Å². The van der Waals surface area contributed by atoms with Gasteiger partial charge in [0.15, 0.2) is 0 Å². The third kappa shape index (κ3) is 2.19. The molecule has 2 rings (SSSR count). The highest BCUT2D eigenvalue weighted by Crippen LogP contribution is 2.17. The number of aromatic nitrogens is 2. The molecule has 3 nitrogen and oxygen atoms in total. The van der Waals surface area contributed by atoms with Crippen LogP contribution in [-0.2, 0) is 6.54 Å². The molecule has 0 spiro atoms. The van der Waals surface area contributed by atoms with Crippen molar-refractivity contribution in [2.75, 3.05) is 0 Å². The molecule has 1 heterocycles. The quantitative estimate of drug-likeness (QED) is 0.803. The molecule has 0 aliphatic heterocycles. The van der Waals surface area contributed by atoms with Crippen LogP contribution in [0.15, 0.2) is 36.7 Å². The third-order valence-corrected chi connectivity index (χ3v) is 2.28. The molecule has 0 aliphatic carbocycles. The maximum atomic E-state index is 5.53. The van der Waals surface area contributed by atoms with Crippen molar-refractivity contribution >= 4 is 0 Å². The van der Waals surface area contributed by atoms with E-state index in [0.29, 0.717) is 6.54 Å². The number of benzene rings is 1. The van der Waals surface area contributed by atoms with Gasteiger partial charge in [0.2, 0.25) is 0 Å². The molecule has 0 aliphatic rings. The molecule has 2 N–H and O–H groups in total. The van der Waals surface area contributed by atoms with Crippen LogP contribution < -0.4 is 5.73 Å². The van der Waals surface area contributed by atoms with E-state index in [-0.39, 0.29) is 0 Å². The van der Waals surface area contributed by atoms with Gasteiger partial charge < -0.3 is 5.73 Å². The first-order valence-electron chi connectivity index (χ1n) is 4.87. The van der Waals surface area contributed by atoms with Crippen LogP contribution in [0.3, 0.4) is 0 Å². The van der Waals surface area contributed by atoms with E-state index in [0.717, 1.165) is 17.0 Å². The van der Waals surface area contributed by atoms with Gasteiger partial charge in [-0.2, -0.15) is 0 Å². The second kappa shape index (κ2) is 4.19. The minimum Gasteiger partial charge on any atom is -0.325 e. The molecular formula is C12H13N3. The normalized spacial score (nSPS) is 10.3. The molecule has 2 aromatic rings. The van der Waals surface area contributed by atoms with Gasteiger partial charge in [-0.15, -0.1) is 0 Å². The van der Waals surface area contributed by atoms with Gasteiger partial charge in [-0.05, 0) is 13.0 Å². The fourth-order valence-corrected chi connectivity index (χ4v) is 1.39. The molecular weight excluding hydrogens is 186 g/mol. The van der Waals surface area contributed by atoms with E-state index in [1.165, 1.54) is 5.56 Å². The zero-order valence-electron chi connectivity index (χ0n) is 8.64. The smallest absolute Gasteiger partial charge is 0.116 e. The molecule has 3 heteroatoms. The summed E-state index contributed by atoms with van der Waals surface area (Å²) in [7, 11) is 0. The van der Waals surface area contributed by atoms with E-state index in [2.05, 4.69) is 41.2 Å². The number of hydrogen-bond donors (Lipinski definition) is 1. The Morgan fingerprint density at radius 1 is 1.13 bits per heavy atom. The molecule has 0 unspecified atom stereocenters. The van der Waals surface area contributed by atoms with Crippen molar-refractivity contribution in [2.45, 2.75) is 13.5 Å². The highest BCUT2D eigenvalue weighted by molar-refractivity contribution is 5.59. The maximum Gasteiger partial charge on any atom is 0.116 e. The summed E-state index contributed by atoms with van der Waals surface area (Å²) in [6.07, 6.45) is 1.55. The topological polar surface area (TPSA) is 51.8 Å². The van der Waals surface area contributed by atoms with Crippen LogP contribution in [0, 0.1) is 6.92 Å². The van der Waals surface area contributed by atoms with Crippen molar-refractivity contribution in [2.24, 2.45) is 5.73 Å². The molecule has 1 aromatic carbocycles. The Balaban J connectivity index is 2.40. The Morgan fingerprint density at radius 3 is 2.53 bits per heavy atom. The van der Waals surface area contributed by atoms with E-state index in [1.54, 1.807) is 6.33 Å². The van der Waals surface area contributed by atoms with Crippen molar-refractivity contribution in [1.82, 2.24) is 9.97 Å². The molecule has 0 radical (unpaired) electrons. The summed E-state index contributed by atoms with van der Waals surface area (Å²) in [5.41, 5.74) is 9.65. The molecule has 0 saturated carbocycles. The van der Waals surface area contributed by atoms with Gasteiger partial charge >= 0.3 is 0 Å². The third-order valence-electron chi connectivity index (χ3n) is 2.28. The second-order valence-electron chi connectivity index (χ2n) is 3.46. The van der Waals surface area contributed by atoms with Crippen molar-refractivity contribution in [3.8, 4) is 11.3 Å². The Labute approximate surface area is 89.0 Å². The van der Waals surface area contributed by atoms with Crippen molar-refractivity contribution in [3.63, 3.8) is 0 Å². The first-order chi connectivity index (χ1) is 7.29. The molecule has 0 fully saturated rings. The number of aryl methyl sites for hydroxylation is 1. The Hall–Kier alpha value is -1.74. The summed E-state index contributed by atoms with van der Waals surface area (Å²) < 4.78 is 0. The lowest BCUT2D eigenvalue weighted by molar-refractivity contribution is 0.966. The second-order valence-corrected chi connectivity index (χ2v) is 3.46. The number of rotatable bonds is 2. The summed E-state index contributed by atoms with van der Waals surface area (Å²) in [5.74, 6) is 0.